The molecular formula is C110H111BN4. The third-order valence-corrected chi connectivity index (χ3v) is 24.4. The molecule has 4 heterocycles. The van der Waals surface area contributed by atoms with Crippen molar-refractivity contribution in [3.05, 3.63) is 312 Å². The van der Waals surface area contributed by atoms with E-state index in [1.165, 1.54) is 4.57 Å². The molecule has 0 N–H and O–H groups in total. The van der Waals surface area contributed by atoms with Crippen LogP contribution < -0.4 is 26.2 Å². The normalized spacial score (nSPS) is 21.4. The molecule has 14 aromatic rings. The van der Waals surface area contributed by atoms with Gasteiger partial charge in [0.05, 0.1) is 72.2 Å². The summed E-state index contributed by atoms with van der Waals surface area (Å²) in [5, 5.41) is -1.32. The van der Waals surface area contributed by atoms with Crippen LogP contribution in [-0.2, 0) is 21.7 Å². The Morgan fingerprint density at radius 1 is 0.417 bits per heavy atom. The van der Waals surface area contributed by atoms with Crippen LogP contribution in [0.25, 0.3) is 99.5 Å². The van der Waals surface area contributed by atoms with Crippen molar-refractivity contribution in [1.29, 1.82) is 0 Å². The Morgan fingerprint density at radius 3 is 1.39 bits per heavy atom. The van der Waals surface area contributed by atoms with E-state index in [9.17, 15) is 30.2 Å². The first-order chi connectivity index (χ1) is 66.9. The van der Waals surface area contributed by atoms with Gasteiger partial charge >= 0.3 is 0 Å². The minimum absolute atomic E-state index is 0.000132. The van der Waals surface area contributed by atoms with E-state index in [0.29, 0.717) is 82.4 Å². The van der Waals surface area contributed by atoms with Gasteiger partial charge in [0.2, 0.25) is 0 Å². The maximum Gasteiger partial charge on any atom is 0.252 e. The van der Waals surface area contributed by atoms with Crippen LogP contribution in [0.2, 0.25) is 0 Å². The fourth-order valence-electron chi connectivity index (χ4n) is 18.1. The lowest BCUT2D eigenvalue weighted by Crippen LogP contribution is -2.64. The summed E-state index contributed by atoms with van der Waals surface area (Å²) in [6.45, 7) is 27.9. The lowest BCUT2D eigenvalue weighted by atomic mass is 9.33. The molecule has 0 saturated carbocycles. The minimum Gasteiger partial charge on any atom is -0.334 e. The predicted octanol–water partition coefficient (Wildman–Crippen LogP) is 28.3. The summed E-state index contributed by atoms with van der Waals surface area (Å²) < 4.78 is 290. The summed E-state index contributed by atoms with van der Waals surface area (Å²) in [4.78, 5) is 4.11. The number of allylic oxidation sites excluding steroid dienone is 4. The first-order valence-electron chi connectivity index (χ1n) is 54.7. The van der Waals surface area contributed by atoms with Gasteiger partial charge in [0.15, 0.2) is 0 Å². The van der Waals surface area contributed by atoms with Crippen molar-refractivity contribution in [3.8, 4) is 55.9 Å². The Balaban J connectivity index is 1.08. The Kier molecular flexibility index (Phi) is 11.9. The van der Waals surface area contributed by atoms with E-state index in [1.54, 1.807) is 41.5 Å². The van der Waals surface area contributed by atoms with Gasteiger partial charge in [0.1, 0.15) is 0 Å². The molecule has 4 unspecified atom stereocenters. The molecule has 19 rings (SSSR count). The first kappa shape index (κ1) is 49.1. The summed E-state index contributed by atoms with van der Waals surface area (Å²) >= 11 is 0. The molecule has 0 fully saturated rings. The maximum absolute atomic E-state index is 12.2. The number of fused-ring (bicyclic) bond motifs is 10. The van der Waals surface area contributed by atoms with Gasteiger partial charge in [0.25, 0.3) is 6.71 Å². The quantitative estimate of drug-likeness (QED) is 0.100. The van der Waals surface area contributed by atoms with E-state index < -0.39 is 265 Å². The number of rotatable bonds is 10. The predicted molar refractivity (Wildman–Crippen MR) is 496 cm³/mol. The van der Waals surface area contributed by atoms with Gasteiger partial charge < -0.3 is 18.9 Å². The van der Waals surface area contributed by atoms with Gasteiger partial charge in [-0.1, -0.05) is 291 Å². The van der Waals surface area contributed by atoms with Crippen LogP contribution in [0.3, 0.4) is 0 Å². The van der Waals surface area contributed by atoms with Crippen molar-refractivity contribution in [2.45, 2.75) is 183 Å². The van der Waals surface area contributed by atoms with Gasteiger partial charge in [-0.15, -0.1) is 0 Å². The number of hydrogen-bond donors (Lipinski definition) is 0. The highest BCUT2D eigenvalue weighted by molar-refractivity contribution is 7.00. The van der Waals surface area contributed by atoms with Crippen LogP contribution >= 0.6 is 0 Å². The second-order valence-corrected chi connectivity index (χ2v) is 37.2. The third-order valence-electron chi connectivity index (χ3n) is 24.4. The largest absolute Gasteiger partial charge is 0.334 e. The van der Waals surface area contributed by atoms with Gasteiger partial charge in [-0.05, 0) is 265 Å². The number of benzene rings is 12. The fraction of sp³-hybridized carbons (Fsp3) is 0.291. The van der Waals surface area contributed by atoms with E-state index in [2.05, 4.69) is 110 Å². The molecule has 115 heavy (non-hydrogen) atoms. The highest BCUT2D eigenvalue weighted by Gasteiger charge is 2.51. The van der Waals surface area contributed by atoms with E-state index in [4.69, 9.17) is 8.22 Å². The van der Waals surface area contributed by atoms with Crippen molar-refractivity contribution in [3.63, 3.8) is 0 Å². The lowest BCUT2D eigenvalue weighted by molar-refractivity contribution is 0.220. The van der Waals surface area contributed by atoms with Gasteiger partial charge in [-0.2, -0.15) is 0 Å². The molecule has 2 aliphatic heterocycles. The molecule has 5 heteroatoms. The lowest BCUT2D eigenvalue weighted by Gasteiger charge is -2.53. The molecule has 0 bridgehead atoms. The van der Waals surface area contributed by atoms with Crippen molar-refractivity contribution in [2.24, 2.45) is 23.2 Å². The highest BCUT2D eigenvalue weighted by Crippen LogP contribution is 2.57. The van der Waals surface area contributed by atoms with Crippen LogP contribution in [0, 0.1) is 23.2 Å². The minimum atomic E-state index is -1.66. The van der Waals surface area contributed by atoms with E-state index >= 15 is 0 Å². The molecule has 4 nitrogen and oxygen atoms in total. The number of anilines is 5. The van der Waals surface area contributed by atoms with Gasteiger partial charge in [0, 0.05) is 72.7 Å². The van der Waals surface area contributed by atoms with Crippen LogP contribution in [0.1, 0.15) is 216 Å². The maximum atomic E-state index is 12.2. The Labute approximate surface area is 723 Å². The summed E-state index contributed by atoms with van der Waals surface area (Å²) in [6, 6.07) is 6.72. The molecular weight excluding hydrogens is 1390 g/mol. The monoisotopic (exact) mass is 1530 g/mol. The van der Waals surface area contributed by atoms with Crippen LogP contribution in [-0.4, -0.2) is 21.9 Å². The average molecular weight is 1530 g/mol. The second-order valence-electron chi connectivity index (χ2n) is 37.2. The summed E-state index contributed by atoms with van der Waals surface area (Å²) in [6.07, 6.45) is 14.8. The fourth-order valence-corrected chi connectivity index (χ4v) is 18.1. The van der Waals surface area contributed by atoms with E-state index in [1.807, 2.05) is 71.6 Å². The third kappa shape index (κ3) is 13.0. The molecule has 574 valence electrons. The van der Waals surface area contributed by atoms with Crippen LogP contribution in [0.4, 0.5) is 28.4 Å². The van der Waals surface area contributed by atoms with E-state index in [0.717, 1.165) is 40.5 Å². The summed E-state index contributed by atoms with van der Waals surface area (Å²) in [7, 11) is 0. The van der Waals surface area contributed by atoms with Crippen LogP contribution in [0.15, 0.2) is 290 Å². The molecule has 0 saturated heterocycles. The zero-order chi connectivity index (χ0) is 104. The molecule has 0 amide bonds. The SMILES string of the molecule is [2H]c1c([2H])c([2H])c(-c2c([2H])c([2H])c3c(c2[2H])c2c([2H])c(C(C)(C)C)c([2H])c([2H])c2n3-c2c([2H])c([2H])c3c(c2[2H])N(c2c(-c4ccccc4)cc(C(C)(C)C)cc2-c2ccccc2)c2cc(C(C)(C)C)cc4c2B3c2c([2H])c([2H])c(-n3c5c([2H])c([2H])c(-c6c([2H])c([2H])c([2H])c([2H])c6[2H])c([2H])c5c5c([2H])c(C(C)(C)C)c([2H])c([2H])c53)c([2H])c2N4C2C(C3CC=CCC3)=CC(C(C)(C)C)CC2C2=CCCCC2)c([2H])c1[2H]. The molecule has 0 radical (unpaired) electrons. The van der Waals surface area contributed by atoms with E-state index in [-0.39, 0.29) is 72.2 Å². The molecule has 5 aliphatic rings. The topological polar surface area (TPSA) is 16.3 Å². The van der Waals surface area contributed by atoms with Crippen molar-refractivity contribution >= 4 is 95.1 Å². The van der Waals surface area contributed by atoms with Crippen molar-refractivity contribution in [1.82, 2.24) is 9.13 Å². The van der Waals surface area contributed by atoms with Gasteiger partial charge in [-0.3, -0.25) is 0 Å². The first-order valence-corrected chi connectivity index (χ1v) is 40.7. The molecule has 2 aromatic heterocycles. The summed E-state index contributed by atoms with van der Waals surface area (Å²) in [5.41, 5.74) is -2.15. The smallest absolute Gasteiger partial charge is 0.252 e. The molecule has 4 atom stereocenters. The summed E-state index contributed by atoms with van der Waals surface area (Å²) in [5.74, 6) is -0.713. The Morgan fingerprint density at radius 2 is 0.904 bits per heavy atom. The number of nitrogens with zero attached hydrogens (tertiary/aromatic N) is 4. The zero-order valence-electron chi connectivity index (χ0n) is 96.2. The second kappa shape index (κ2) is 28.0. The number of hydrogen-bond acceptors (Lipinski definition) is 2. The standard InChI is InChI=1S/C110H111BN4/c1-106(2,3)78-48-56-97-91(60-78)89-58-76(70-34-22-16-23-35-70)46-54-95(89)112(97)83-50-52-93-99(68-83)114(104-85(72-38-26-18-27-39-72)62-80(108(7,8)9)63-86(104)73-40-28-19-29-41-73)101-66-82(110(13,14)15)67-102-103(101)111(93)94-53-51-84(113-96-55-47-77(71-36-24-17-25-37-71)59-90(96)92-61-79(107(4,5)6)49-57-98(92)113)69-100(94)115(102)105-87(74-42-30-20-31-43-74)64-81(109(10,11)12)65-88(105)75-44-32-21-33-45-75/h16-20,22-30,34-41,44,46-64,66-69,74,81,88,105H,21,31-33,42-43,45,65H2,1-15H3/i16D,17D,22D,23D,24D,25D,34D,35D,36D,37D,46D,47D,48D,49D,50D,51D,52D,53D,54D,55D,56D,57D,58D,59D,60D,61D,68D,69D. The highest BCUT2D eigenvalue weighted by atomic mass is 15.2. The Hall–Kier alpha value is -10.9. The molecule has 0 spiro atoms. The van der Waals surface area contributed by atoms with Gasteiger partial charge in [-0.25, -0.2) is 0 Å². The Bertz CT molecular complexity index is 7930. The average Bonchev–Trinajstić information content (AvgIpc) is 1.56. The molecule has 3 aliphatic carbocycles. The van der Waals surface area contributed by atoms with Crippen molar-refractivity contribution < 1.29 is 38.4 Å². The number of aromatic nitrogens is 2. The van der Waals surface area contributed by atoms with Crippen LogP contribution in [0.5, 0.6) is 0 Å². The molecule has 12 aromatic carbocycles. The van der Waals surface area contributed by atoms with Crippen molar-refractivity contribution in [2.75, 3.05) is 9.80 Å². The zero-order valence-corrected chi connectivity index (χ0v) is 68.2.